The smallest absolute Gasteiger partial charge is 0.255 e. The number of carbonyl (C=O) groups is 1. The predicted molar refractivity (Wildman–Crippen MR) is 134 cm³/mol. The molecule has 4 rings (SSSR count). The molecule has 1 heterocycles. The van der Waals surface area contributed by atoms with Crippen LogP contribution in [0.5, 0.6) is 0 Å². The second-order valence-electron chi connectivity index (χ2n) is 7.69. The maximum atomic E-state index is 12.9. The van der Waals surface area contributed by atoms with Gasteiger partial charge in [-0.2, -0.15) is 0 Å². The number of nitrogens with zero attached hydrogens (tertiary/aromatic N) is 2. The van der Waals surface area contributed by atoms with Crippen LogP contribution >= 0.6 is 11.3 Å². The third kappa shape index (κ3) is 4.98. The highest BCUT2D eigenvalue weighted by atomic mass is 32.2. The van der Waals surface area contributed by atoms with E-state index in [9.17, 15) is 13.2 Å². The van der Waals surface area contributed by atoms with Crippen molar-refractivity contribution in [2.24, 2.45) is 0 Å². The van der Waals surface area contributed by atoms with Crippen LogP contribution < -0.4 is 5.32 Å². The van der Waals surface area contributed by atoms with Gasteiger partial charge in [0, 0.05) is 24.7 Å². The molecule has 6 nitrogen and oxygen atoms in total. The minimum absolute atomic E-state index is 0.174. The van der Waals surface area contributed by atoms with E-state index in [-0.39, 0.29) is 10.8 Å². The van der Waals surface area contributed by atoms with E-state index in [0.29, 0.717) is 17.8 Å². The summed E-state index contributed by atoms with van der Waals surface area (Å²) in [5.41, 5.74) is 2.78. The van der Waals surface area contributed by atoms with Gasteiger partial charge in [0.1, 0.15) is 5.01 Å². The first-order valence-electron chi connectivity index (χ1n) is 10.7. The van der Waals surface area contributed by atoms with Crippen LogP contribution in [0.3, 0.4) is 0 Å². The Labute approximate surface area is 198 Å². The summed E-state index contributed by atoms with van der Waals surface area (Å²) in [5, 5.41) is 3.77. The maximum Gasteiger partial charge on any atom is 0.255 e. The molecule has 1 N–H and O–H groups in total. The first-order valence-corrected chi connectivity index (χ1v) is 13.0. The van der Waals surface area contributed by atoms with Gasteiger partial charge in [0.25, 0.3) is 5.91 Å². The lowest BCUT2D eigenvalue weighted by Gasteiger charge is -2.17. The lowest BCUT2D eigenvalue weighted by Crippen LogP contribution is -2.28. The highest BCUT2D eigenvalue weighted by molar-refractivity contribution is 7.89. The predicted octanol–water partition coefficient (Wildman–Crippen LogP) is 5.64. The maximum absolute atomic E-state index is 12.9. The number of hydrogen-bond donors (Lipinski definition) is 1. The summed E-state index contributed by atoms with van der Waals surface area (Å²) >= 11 is 1.57. The van der Waals surface area contributed by atoms with Crippen molar-refractivity contribution in [3.05, 3.63) is 78.4 Å². The summed E-state index contributed by atoms with van der Waals surface area (Å²) in [5.74, 6) is -0.313. The zero-order chi connectivity index (χ0) is 23.4. The van der Waals surface area contributed by atoms with Gasteiger partial charge >= 0.3 is 0 Å². The molecule has 3 aromatic carbocycles. The van der Waals surface area contributed by atoms with E-state index in [0.717, 1.165) is 33.6 Å². The highest BCUT2D eigenvalue weighted by Gasteiger charge is 2.21. The van der Waals surface area contributed by atoms with Gasteiger partial charge in [-0.1, -0.05) is 37.6 Å². The van der Waals surface area contributed by atoms with E-state index < -0.39 is 10.0 Å². The van der Waals surface area contributed by atoms with Gasteiger partial charge in [0.05, 0.1) is 20.8 Å². The fraction of sp³-hybridized carbons (Fsp3) is 0.200. The first-order chi connectivity index (χ1) is 15.9. The Hall–Kier alpha value is -3.07. The Morgan fingerprint density at radius 1 is 1.00 bits per heavy atom. The summed E-state index contributed by atoms with van der Waals surface area (Å²) < 4.78 is 27.8. The highest BCUT2D eigenvalue weighted by Crippen LogP contribution is 2.34. The number of unbranched alkanes of at least 4 members (excludes halogenated alkanes) is 1. The van der Waals surface area contributed by atoms with Crippen molar-refractivity contribution in [3.8, 4) is 10.6 Å². The van der Waals surface area contributed by atoms with Crippen molar-refractivity contribution < 1.29 is 13.2 Å². The molecule has 1 aromatic heterocycles. The van der Waals surface area contributed by atoms with Crippen molar-refractivity contribution in [1.29, 1.82) is 0 Å². The number of benzene rings is 3. The summed E-state index contributed by atoms with van der Waals surface area (Å²) in [7, 11) is -2.00. The lowest BCUT2D eigenvalue weighted by atomic mass is 10.1. The van der Waals surface area contributed by atoms with E-state index >= 15 is 0 Å². The van der Waals surface area contributed by atoms with Gasteiger partial charge in [0.15, 0.2) is 0 Å². The number of aromatic nitrogens is 1. The van der Waals surface area contributed by atoms with Crippen molar-refractivity contribution in [1.82, 2.24) is 9.29 Å². The molecule has 0 aliphatic heterocycles. The first kappa shape index (κ1) is 23.1. The van der Waals surface area contributed by atoms with Crippen LogP contribution in [0.25, 0.3) is 20.8 Å². The van der Waals surface area contributed by atoms with Gasteiger partial charge < -0.3 is 5.32 Å². The Bertz CT molecular complexity index is 1350. The average Bonchev–Trinajstić information content (AvgIpc) is 3.27. The molecule has 0 unspecified atom stereocenters. The van der Waals surface area contributed by atoms with Crippen LogP contribution in [0.15, 0.2) is 77.7 Å². The fourth-order valence-corrected chi connectivity index (χ4v) is 5.63. The van der Waals surface area contributed by atoms with Crippen molar-refractivity contribution in [2.45, 2.75) is 24.7 Å². The van der Waals surface area contributed by atoms with Crippen LogP contribution in [0.4, 0.5) is 5.69 Å². The van der Waals surface area contributed by atoms with Crippen LogP contribution in [-0.4, -0.2) is 37.2 Å². The number of fused-ring (bicyclic) bond motifs is 1. The zero-order valence-electron chi connectivity index (χ0n) is 18.5. The molecule has 0 fully saturated rings. The second kappa shape index (κ2) is 9.82. The molecule has 0 bridgehead atoms. The number of para-hydroxylation sites is 2. The van der Waals surface area contributed by atoms with Gasteiger partial charge in [-0.05, 0) is 55.0 Å². The summed E-state index contributed by atoms with van der Waals surface area (Å²) in [6, 6.07) is 21.5. The van der Waals surface area contributed by atoms with E-state index in [1.165, 1.54) is 28.6 Å². The summed E-state index contributed by atoms with van der Waals surface area (Å²) in [6.45, 7) is 2.48. The van der Waals surface area contributed by atoms with E-state index in [1.54, 1.807) is 18.4 Å². The van der Waals surface area contributed by atoms with Crippen LogP contribution in [0, 0.1) is 0 Å². The SMILES string of the molecule is CCCCN(C)S(=O)(=O)c1ccc(C(=O)Nc2ccccc2-c2nc3ccccc3s2)cc1. The molecule has 4 aromatic rings. The van der Waals surface area contributed by atoms with Gasteiger partial charge in [0.2, 0.25) is 10.0 Å². The molecule has 8 heteroatoms. The molecule has 0 aliphatic rings. The minimum atomic E-state index is -3.57. The molecule has 0 saturated carbocycles. The fourth-order valence-electron chi connectivity index (χ4n) is 3.42. The molecule has 0 atom stereocenters. The number of sulfonamides is 1. The number of thiazole rings is 1. The third-order valence-electron chi connectivity index (χ3n) is 5.35. The van der Waals surface area contributed by atoms with Crippen LogP contribution in [0.1, 0.15) is 30.1 Å². The van der Waals surface area contributed by atoms with Crippen molar-refractivity contribution in [2.75, 3.05) is 18.9 Å². The number of amides is 1. The summed E-state index contributed by atoms with van der Waals surface area (Å²) in [4.78, 5) is 17.8. The zero-order valence-corrected chi connectivity index (χ0v) is 20.1. The topological polar surface area (TPSA) is 79.4 Å². The Balaban J connectivity index is 1.55. The molecular formula is C25H25N3O3S2. The van der Waals surface area contributed by atoms with E-state index in [1.807, 2.05) is 55.5 Å². The van der Waals surface area contributed by atoms with Crippen LogP contribution in [-0.2, 0) is 10.0 Å². The molecule has 33 heavy (non-hydrogen) atoms. The number of rotatable bonds is 8. The molecular weight excluding hydrogens is 454 g/mol. The molecule has 170 valence electrons. The van der Waals surface area contributed by atoms with E-state index in [4.69, 9.17) is 4.98 Å². The lowest BCUT2D eigenvalue weighted by molar-refractivity contribution is 0.102. The summed E-state index contributed by atoms with van der Waals surface area (Å²) in [6.07, 6.45) is 1.71. The van der Waals surface area contributed by atoms with Crippen molar-refractivity contribution >= 4 is 43.2 Å². The Morgan fingerprint density at radius 3 is 2.42 bits per heavy atom. The van der Waals surface area contributed by atoms with E-state index in [2.05, 4.69) is 5.32 Å². The monoisotopic (exact) mass is 479 g/mol. The standard InChI is InChI=1S/C25H25N3O3S2/c1-3-4-17-28(2)33(30,31)19-15-13-18(14-16-19)24(29)26-21-10-6-5-9-20(21)25-27-22-11-7-8-12-23(22)32-25/h5-16H,3-4,17H2,1-2H3,(H,26,29). The Kier molecular flexibility index (Phi) is 6.88. The van der Waals surface area contributed by atoms with Gasteiger partial charge in [-0.25, -0.2) is 17.7 Å². The molecule has 0 spiro atoms. The minimum Gasteiger partial charge on any atom is -0.321 e. The number of anilines is 1. The molecule has 1 amide bonds. The van der Waals surface area contributed by atoms with Crippen molar-refractivity contribution in [3.63, 3.8) is 0 Å². The second-order valence-corrected chi connectivity index (χ2v) is 10.8. The molecule has 0 aliphatic carbocycles. The quantitative estimate of drug-likeness (QED) is 0.355. The van der Waals surface area contributed by atoms with Crippen LogP contribution in [0.2, 0.25) is 0 Å². The third-order valence-corrected chi connectivity index (χ3v) is 8.29. The van der Waals surface area contributed by atoms with Gasteiger partial charge in [-0.3, -0.25) is 4.79 Å². The molecule has 0 saturated heterocycles. The average molecular weight is 480 g/mol. The Morgan fingerprint density at radius 2 is 1.70 bits per heavy atom. The molecule has 0 radical (unpaired) electrons. The largest absolute Gasteiger partial charge is 0.321 e. The normalized spacial score (nSPS) is 11.7. The van der Waals surface area contributed by atoms with Gasteiger partial charge in [-0.15, -0.1) is 11.3 Å². The number of nitrogens with one attached hydrogen (secondary N) is 1. The number of hydrogen-bond acceptors (Lipinski definition) is 5. The number of carbonyl (C=O) groups excluding carboxylic acids is 1.